The normalized spacial score (nSPS) is 24.8. The molecule has 0 radical (unpaired) electrons. The van der Waals surface area contributed by atoms with E-state index in [9.17, 15) is 4.79 Å². The van der Waals surface area contributed by atoms with Crippen LogP contribution in [0.4, 0.5) is 0 Å². The van der Waals surface area contributed by atoms with E-state index < -0.39 is 0 Å². The van der Waals surface area contributed by atoms with Gasteiger partial charge in [0.2, 0.25) is 5.91 Å². The number of hydrogen-bond donors (Lipinski definition) is 1. The van der Waals surface area contributed by atoms with E-state index in [0.29, 0.717) is 18.5 Å². The van der Waals surface area contributed by atoms with Gasteiger partial charge in [-0.25, -0.2) is 0 Å². The van der Waals surface area contributed by atoms with Crippen molar-refractivity contribution in [2.45, 2.75) is 63.8 Å². The van der Waals surface area contributed by atoms with Gasteiger partial charge in [-0.2, -0.15) is 0 Å². The van der Waals surface area contributed by atoms with Crippen molar-refractivity contribution < 1.29 is 4.79 Å². The summed E-state index contributed by atoms with van der Waals surface area (Å²) in [7, 11) is 1.99. The Morgan fingerprint density at radius 1 is 1.18 bits per heavy atom. The van der Waals surface area contributed by atoms with Crippen molar-refractivity contribution in [3.8, 4) is 0 Å². The van der Waals surface area contributed by atoms with Crippen LogP contribution in [0.5, 0.6) is 0 Å². The average Bonchev–Trinajstić information content (AvgIpc) is 2.88. The topological polar surface area (TPSA) is 46.3 Å². The van der Waals surface area contributed by atoms with Crippen LogP contribution < -0.4 is 5.73 Å². The van der Waals surface area contributed by atoms with Crippen molar-refractivity contribution in [1.82, 2.24) is 4.90 Å². The Balaban J connectivity index is 2.02. The summed E-state index contributed by atoms with van der Waals surface area (Å²) in [6.45, 7) is 0.531. The lowest BCUT2D eigenvalue weighted by Crippen LogP contribution is -2.49. The largest absolute Gasteiger partial charge is 0.342 e. The summed E-state index contributed by atoms with van der Waals surface area (Å²) < 4.78 is 0. The first-order chi connectivity index (χ1) is 8.19. The monoisotopic (exact) mass is 238 g/mol. The maximum Gasteiger partial charge on any atom is 0.230 e. The van der Waals surface area contributed by atoms with Crippen LogP contribution in [0.3, 0.4) is 0 Å². The first kappa shape index (κ1) is 12.9. The van der Waals surface area contributed by atoms with Crippen molar-refractivity contribution in [3.05, 3.63) is 0 Å². The van der Waals surface area contributed by atoms with Crippen molar-refractivity contribution >= 4 is 5.91 Å². The number of nitrogens with two attached hydrogens (primary N) is 1. The van der Waals surface area contributed by atoms with Crippen LogP contribution in [0.2, 0.25) is 0 Å². The van der Waals surface area contributed by atoms with E-state index >= 15 is 0 Å². The van der Waals surface area contributed by atoms with Crippen molar-refractivity contribution in [2.24, 2.45) is 11.1 Å². The second-order valence-electron chi connectivity index (χ2n) is 5.90. The summed E-state index contributed by atoms with van der Waals surface area (Å²) in [5.41, 5.74) is 5.67. The molecule has 0 aromatic rings. The van der Waals surface area contributed by atoms with E-state index in [2.05, 4.69) is 0 Å². The molecule has 0 aromatic heterocycles. The average molecular weight is 238 g/mol. The number of carbonyl (C=O) groups is 1. The maximum absolute atomic E-state index is 12.6. The Hall–Kier alpha value is -0.570. The first-order valence-corrected chi connectivity index (χ1v) is 7.17. The molecule has 2 aliphatic rings. The highest BCUT2D eigenvalue weighted by atomic mass is 16.2. The van der Waals surface area contributed by atoms with Gasteiger partial charge in [-0.1, -0.05) is 32.1 Å². The van der Waals surface area contributed by atoms with Crippen LogP contribution in [0.1, 0.15) is 57.8 Å². The minimum absolute atomic E-state index is 0.216. The van der Waals surface area contributed by atoms with Crippen LogP contribution in [-0.4, -0.2) is 30.4 Å². The molecule has 1 amide bonds. The highest BCUT2D eigenvalue weighted by Gasteiger charge is 2.42. The van der Waals surface area contributed by atoms with Crippen LogP contribution in [0, 0.1) is 5.41 Å². The highest BCUT2D eigenvalue weighted by Crippen LogP contribution is 2.39. The molecule has 0 heterocycles. The highest BCUT2D eigenvalue weighted by molar-refractivity contribution is 5.83. The fourth-order valence-electron chi connectivity index (χ4n) is 3.57. The van der Waals surface area contributed by atoms with Gasteiger partial charge in [0.1, 0.15) is 0 Å². The molecule has 0 saturated heterocycles. The quantitative estimate of drug-likeness (QED) is 0.820. The van der Waals surface area contributed by atoms with E-state index in [4.69, 9.17) is 5.73 Å². The number of nitrogens with zero attached hydrogens (tertiary/aromatic N) is 1. The summed E-state index contributed by atoms with van der Waals surface area (Å²) in [6, 6.07) is 0.472. The van der Waals surface area contributed by atoms with Crippen molar-refractivity contribution in [2.75, 3.05) is 13.6 Å². The van der Waals surface area contributed by atoms with Crippen LogP contribution in [0.15, 0.2) is 0 Å². The first-order valence-electron chi connectivity index (χ1n) is 7.17. The zero-order chi connectivity index (χ0) is 12.3. The van der Waals surface area contributed by atoms with Gasteiger partial charge in [-0.3, -0.25) is 4.79 Å². The minimum Gasteiger partial charge on any atom is -0.342 e. The van der Waals surface area contributed by atoms with Gasteiger partial charge >= 0.3 is 0 Å². The predicted molar refractivity (Wildman–Crippen MR) is 69.6 cm³/mol. The summed E-state index contributed by atoms with van der Waals surface area (Å²) in [5.74, 6) is 0.324. The Morgan fingerprint density at radius 3 is 2.29 bits per heavy atom. The number of hydrogen-bond acceptors (Lipinski definition) is 2. The lowest BCUT2D eigenvalue weighted by atomic mass is 9.83. The van der Waals surface area contributed by atoms with Crippen molar-refractivity contribution in [1.29, 1.82) is 0 Å². The van der Waals surface area contributed by atoms with Crippen LogP contribution >= 0.6 is 0 Å². The van der Waals surface area contributed by atoms with E-state index in [0.717, 1.165) is 12.8 Å². The molecule has 3 nitrogen and oxygen atoms in total. The summed E-state index contributed by atoms with van der Waals surface area (Å²) >= 11 is 0. The van der Waals surface area contributed by atoms with Crippen LogP contribution in [-0.2, 0) is 4.79 Å². The molecule has 0 aliphatic heterocycles. The van der Waals surface area contributed by atoms with Gasteiger partial charge in [-0.05, 0) is 25.7 Å². The molecule has 2 rings (SSSR count). The standard InChI is InChI=1S/C14H26N2O/c1-16(12-7-3-2-4-8-12)13(17)14(11-15)9-5-6-10-14/h12H,2-11,15H2,1H3. The second kappa shape index (κ2) is 5.38. The molecule has 17 heavy (non-hydrogen) atoms. The zero-order valence-corrected chi connectivity index (χ0v) is 11.1. The zero-order valence-electron chi connectivity index (χ0n) is 11.1. The molecule has 2 saturated carbocycles. The number of rotatable bonds is 3. The Labute approximate surface area is 105 Å². The molecule has 2 fully saturated rings. The minimum atomic E-state index is -0.216. The summed E-state index contributed by atoms with van der Waals surface area (Å²) in [4.78, 5) is 14.7. The Morgan fingerprint density at radius 2 is 1.76 bits per heavy atom. The summed E-state index contributed by atoms with van der Waals surface area (Å²) in [5, 5.41) is 0. The predicted octanol–water partition coefficient (Wildman–Crippen LogP) is 2.30. The second-order valence-corrected chi connectivity index (χ2v) is 5.90. The van der Waals surface area contributed by atoms with Crippen molar-refractivity contribution in [3.63, 3.8) is 0 Å². The molecule has 2 N–H and O–H groups in total. The Kier molecular flexibility index (Phi) is 4.08. The molecule has 2 aliphatic carbocycles. The van der Waals surface area contributed by atoms with E-state index in [-0.39, 0.29) is 5.41 Å². The number of carbonyl (C=O) groups excluding carboxylic acids is 1. The van der Waals surface area contributed by atoms with Gasteiger partial charge in [0.05, 0.1) is 5.41 Å². The molecule has 0 bridgehead atoms. The molecule has 98 valence electrons. The molecule has 0 unspecified atom stereocenters. The third-order valence-corrected chi connectivity index (χ3v) is 4.85. The van der Waals surface area contributed by atoms with Gasteiger partial charge in [0.25, 0.3) is 0 Å². The van der Waals surface area contributed by atoms with E-state index in [1.54, 1.807) is 0 Å². The smallest absolute Gasteiger partial charge is 0.230 e. The maximum atomic E-state index is 12.6. The van der Waals surface area contributed by atoms with Gasteiger partial charge in [0.15, 0.2) is 0 Å². The summed E-state index contributed by atoms with van der Waals surface area (Å²) in [6.07, 6.45) is 10.6. The van der Waals surface area contributed by atoms with Crippen LogP contribution in [0.25, 0.3) is 0 Å². The molecular weight excluding hydrogens is 212 g/mol. The van der Waals surface area contributed by atoms with E-state index in [1.807, 2.05) is 11.9 Å². The van der Waals surface area contributed by atoms with Gasteiger partial charge < -0.3 is 10.6 Å². The third-order valence-electron chi connectivity index (χ3n) is 4.85. The number of amides is 1. The molecular formula is C14H26N2O. The lowest BCUT2D eigenvalue weighted by Gasteiger charge is -2.37. The SMILES string of the molecule is CN(C(=O)C1(CN)CCCC1)C1CCCCC1. The molecule has 0 atom stereocenters. The fourth-order valence-corrected chi connectivity index (χ4v) is 3.57. The third kappa shape index (κ3) is 2.49. The Bertz CT molecular complexity index is 265. The molecule has 0 aromatic carbocycles. The lowest BCUT2D eigenvalue weighted by molar-refractivity contribution is -0.142. The molecule has 0 spiro atoms. The van der Waals surface area contributed by atoms with Gasteiger partial charge in [-0.15, -0.1) is 0 Å². The fraction of sp³-hybridized carbons (Fsp3) is 0.929. The molecule has 3 heteroatoms. The van der Waals surface area contributed by atoms with Gasteiger partial charge in [0, 0.05) is 19.6 Å². The van der Waals surface area contributed by atoms with E-state index in [1.165, 1.54) is 44.9 Å².